The minimum Gasteiger partial charge on any atom is -0.495 e. The highest BCUT2D eigenvalue weighted by Crippen LogP contribution is 2.46. The van der Waals surface area contributed by atoms with E-state index in [9.17, 15) is 0 Å². The molecule has 0 spiro atoms. The van der Waals surface area contributed by atoms with Gasteiger partial charge in [-0.1, -0.05) is 29.8 Å². The first kappa shape index (κ1) is 30.5. The van der Waals surface area contributed by atoms with Gasteiger partial charge in [0.1, 0.15) is 29.4 Å². The van der Waals surface area contributed by atoms with Gasteiger partial charge in [-0.15, -0.1) is 0 Å². The van der Waals surface area contributed by atoms with E-state index in [0.717, 1.165) is 24.2 Å². The quantitative estimate of drug-likeness (QED) is 0.233. The molecule has 0 amide bonds. The van der Waals surface area contributed by atoms with Crippen molar-refractivity contribution >= 4 is 45.7 Å². The maximum absolute atomic E-state index is 6.76. The van der Waals surface area contributed by atoms with E-state index in [1.165, 1.54) is 14.2 Å². The molecule has 226 valence electrons. The van der Waals surface area contributed by atoms with E-state index < -0.39 is 0 Å². The number of hydrogen-bond acceptors (Lipinski definition) is 11. The molecule has 5 rings (SSSR count). The molecule has 11 nitrogen and oxygen atoms in total. The first-order valence-corrected chi connectivity index (χ1v) is 14.3. The topological polar surface area (TPSA) is 112 Å². The van der Waals surface area contributed by atoms with Crippen LogP contribution in [0, 0.1) is 0 Å². The number of benzene rings is 1. The number of hydrogen-bond donors (Lipinski definition) is 2. The van der Waals surface area contributed by atoms with Gasteiger partial charge >= 0.3 is 0 Å². The number of pyridine rings is 1. The van der Waals surface area contributed by atoms with Crippen molar-refractivity contribution in [2.24, 2.45) is 0 Å². The number of halogens is 2. The summed E-state index contributed by atoms with van der Waals surface area (Å²) in [5.41, 5.74) is 0.729. The van der Waals surface area contributed by atoms with Gasteiger partial charge in [0.05, 0.1) is 72.4 Å². The second-order valence-corrected chi connectivity index (χ2v) is 11.3. The van der Waals surface area contributed by atoms with Gasteiger partial charge in [-0.25, -0.2) is 15.0 Å². The minimum atomic E-state index is -0.316. The van der Waals surface area contributed by atoms with E-state index in [1.807, 2.05) is 6.07 Å². The fourth-order valence-corrected chi connectivity index (χ4v) is 5.97. The van der Waals surface area contributed by atoms with Crippen LogP contribution in [-0.4, -0.2) is 93.6 Å². The van der Waals surface area contributed by atoms with Crippen LogP contribution in [0.3, 0.4) is 0 Å². The van der Waals surface area contributed by atoms with E-state index in [1.54, 1.807) is 32.6 Å². The van der Waals surface area contributed by atoms with Crippen molar-refractivity contribution in [1.82, 2.24) is 20.3 Å². The van der Waals surface area contributed by atoms with Crippen molar-refractivity contribution in [3.05, 3.63) is 41.0 Å². The molecule has 0 bridgehead atoms. The molecule has 2 aliphatic rings. The van der Waals surface area contributed by atoms with Crippen LogP contribution in [0.1, 0.15) is 13.3 Å². The zero-order chi connectivity index (χ0) is 30.0. The molecular weight excluding hydrogens is 583 g/mol. The minimum absolute atomic E-state index is 0.00291. The number of ether oxygens (including phenoxy) is 5. The van der Waals surface area contributed by atoms with E-state index in [0.29, 0.717) is 54.0 Å². The lowest BCUT2D eigenvalue weighted by molar-refractivity contribution is 0.0256. The van der Waals surface area contributed by atoms with Gasteiger partial charge in [0.25, 0.3) is 0 Å². The summed E-state index contributed by atoms with van der Waals surface area (Å²) < 4.78 is 28.0. The van der Waals surface area contributed by atoms with Gasteiger partial charge in [0.15, 0.2) is 5.82 Å². The molecule has 3 aromatic rings. The first-order valence-electron chi connectivity index (χ1n) is 13.6. The van der Waals surface area contributed by atoms with Crippen LogP contribution in [0.2, 0.25) is 10.0 Å². The normalized spacial score (nSPS) is 22.9. The molecule has 1 aromatic carbocycles. The Bertz CT molecular complexity index is 1430. The Balaban J connectivity index is 1.59. The lowest BCUT2D eigenvalue weighted by Crippen LogP contribution is -2.47. The third-order valence-corrected chi connectivity index (χ3v) is 8.60. The summed E-state index contributed by atoms with van der Waals surface area (Å²) in [5, 5.41) is 8.31. The third-order valence-electron chi connectivity index (χ3n) is 7.85. The number of nitrogens with one attached hydrogen (secondary N) is 2. The summed E-state index contributed by atoms with van der Waals surface area (Å²) in [5.74, 6) is 2.53. The highest BCUT2D eigenvalue weighted by Gasteiger charge is 2.36. The Morgan fingerprint density at radius 1 is 1.10 bits per heavy atom. The van der Waals surface area contributed by atoms with Crippen LogP contribution in [0.5, 0.6) is 11.5 Å². The van der Waals surface area contributed by atoms with E-state index in [-0.39, 0.29) is 34.0 Å². The summed E-state index contributed by atoms with van der Waals surface area (Å²) in [6.07, 6.45) is 3.98. The SMILES string of the molecule is C=CC(N[C@H]1COC[C@H]1Nc1cc2c(N3CCC(C)(OC)C3)nc(-c3c(Cl)c(OC)cc(OC)c3Cl)nc2cn1)OC. The predicted octanol–water partition coefficient (Wildman–Crippen LogP) is 4.56. The summed E-state index contributed by atoms with van der Waals surface area (Å²) >= 11 is 13.5. The molecule has 13 heteroatoms. The monoisotopic (exact) mass is 618 g/mol. The van der Waals surface area contributed by atoms with Crippen molar-refractivity contribution in [3.63, 3.8) is 0 Å². The number of aromatic nitrogens is 3. The number of nitrogens with zero attached hydrogens (tertiary/aromatic N) is 4. The summed E-state index contributed by atoms with van der Waals surface area (Å²) in [6, 6.07) is 3.56. The molecule has 4 atom stereocenters. The van der Waals surface area contributed by atoms with Gasteiger partial charge in [-0.3, -0.25) is 5.32 Å². The summed E-state index contributed by atoms with van der Waals surface area (Å²) in [7, 11) is 6.42. The van der Waals surface area contributed by atoms with Crippen LogP contribution < -0.4 is 25.0 Å². The molecule has 42 heavy (non-hydrogen) atoms. The number of fused-ring (bicyclic) bond motifs is 1. The molecule has 0 radical (unpaired) electrons. The second kappa shape index (κ2) is 12.7. The lowest BCUT2D eigenvalue weighted by atomic mass is 10.1. The predicted molar refractivity (Wildman–Crippen MR) is 164 cm³/mol. The number of methoxy groups -OCH3 is 4. The fraction of sp³-hybridized carbons (Fsp3) is 0.483. The smallest absolute Gasteiger partial charge is 0.165 e. The maximum atomic E-state index is 6.76. The molecule has 2 unspecified atom stereocenters. The van der Waals surface area contributed by atoms with Crippen molar-refractivity contribution in [1.29, 1.82) is 0 Å². The van der Waals surface area contributed by atoms with Crippen LogP contribution in [0.4, 0.5) is 11.6 Å². The lowest BCUT2D eigenvalue weighted by Gasteiger charge is -2.26. The van der Waals surface area contributed by atoms with Crippen LogP contribution in [0.15, 0.2) is 31.0 Å². The highest BCUT2D eigenvalue weighted by atomic mass is 35.5. The largest absolute Gasteiger partial charge is 0.495 e. The molecule has 2 aromatic heterocycles. The van der Waals surface area contributed by atoms with Gasteiger partial charge < -0.3 is 33.9 Å². The number of rotatable bonds is 11. The first-order chi connectivity index (χ1) is 20.2. The van der Waals surface area contributed by atoms with Crippen molar-refractivity contribution < 1.29 is 23.7 Å². The van der Waals surface area contributed by atoms with Crippen molar-refractivity contribution in [3.8, 4) is 22.9 Å². The van der Waals surface area contributed by atoms with E-state index in [4.69, 9.17) is 56.9 Å². The Hall–Kier alpha value is -2.93. The summed E-state index contributed by atoms with van der Waals surface area (Å²) in [4.78, 5) is 16.8. The number of anilines is 2. The van der Waals surface area contributed by atoms with Gasteiger partial charge in [0, 0.05) is 38.8 Å². The molecule has 2 aliphatic heterocycles. The Morgan fingerprint density at radius 3 is 2.43 bits per heavy atom. The Labute approximate surface area is 255 Å². The zero-order valence-corrected chi connectivity index (χ0v) is 25.9. The van der Waals surface area contributed by atoms with E-state index >= 15 is 0 Å². The summed E-state index contributed by atoms with van der Waals surface area (Å²) in [6.45, 7) is 8.35. The van der Waals surface area contributed by atoms with Crippen LogP contribution in [-0.2, 0) is 14.2 Å². The fourth-order valence-electron chi connectivity index (χ4n) is 5.30. The molecule has 0 saturated carbocycles. The molecule has 4 heterocycles. The highest BCUT2D eigenvalue weighted by molar-refractivity contribution is 6.41. The van der Waals surface area contributed by atoms with Gasteiger partial charge in [-0.2, -0.15) is 0 Å². The zero-order valence-electron chi connectivity index (χ0n) is 24.4. The average molecular weight is 620 g/mol. The Morgan fingerprint density at radius 2 is 1.81 bits per heavy atom. The van der Waals surface area contributed by atoms with E-state index in [2.05, 4.69) is 34.0 Å². The average Bonchev–Trinajstić information content (AvgIpc) is 3.62. The van der Waals surface area contributed by atoms with Gasteiger partial charge in [0.2, 0.25) is 0 Å². The van der Waals surface area contributed by atoms with Gasteiger partial charge in [-0.05, 0) is 25.5 Å². The molecule has 2 fully saturated rings. The van der Waals surface area contributed by atoms with Crippen molar-refractivity contribution in [2.45, 2.75) is 37.3 Å². The standard InChI is InChI=1S/C29H36Cl2N6O5/c1-7-23(40-5)34-19-14-42-13-18(19)33-22-10-16-17(12-32-22)35-27(36-28(16)37-9-8-29(2,15-37)41-6)24-25(30)20(38-3)11-21(39-4)26(24)31/h7,10-12,18-19,23,34H,1,8-9,13-15H2,2-6H3,(H,32,33)/t18-,19+,23?,29?/m1/s1. The van der Waals surface area contributed by atoms with Crippen LogP contribution in [0.25, 0.3) is 22.3 Å². The maximum Gasteiger partial charge on any atom is 0.165 e. The van der Waals surface area contributed by atoms with Crippen LogP contribution >= 0.6 is 23.2 Å². The Kier molecular flexibility index (Phi) is 9.26. The molecular formula is C29H36Cl2N6O5. The molecule has 2 saturated heterocycles. The van der Waals surface area contributed by atoms with Crippen molar-refractivity contribution in [2.75, 3.05) is 65.0 Å². The second-order valence-electron chi connectivity index (χ2n) is 10.5. The third kappa shape index (κ3) is 5.95. The molecule has 2 N–H and O–H groups in total. The molecule has 0 aliphatic carbocycles.